The minimum absolute atomic E-state index is 0.0627. The smallest absolute Gasteiger partial charge is 0.253 e. The maximum atomic E-state index is 12.7. The third-order valence-electron chi connectivity index (χ3n) is 5.69. The van der Waals surface area contributed by atoms with Gasteiger partial charge >= 0.3 is 0 Å². The van der Waals surface area contributed by atoms with Crippen molar-refractivity contribution in [2.75, 3.05) is 31.1 Å². The topological polar surface area (TPSA) is 66.6 Å². The molecular weight excluding hydrogens is 340 g/mol. The zero-order valence-corrected chi connectivity index (χ0v) is 15.2. The lowest BCUT2D eigenvalue weighted by molar-refractivity contribution is 0.0790. The van der Waals surface area contributed by atoms with Crippen molar-refractivity contribution >= 4 is 17.1 Å². The summed E-state index contributed by atoms with van der Waals surface area (Å²) in [6.45, 7) is 3.66. The molecule has 2 aliphatic heterocycles. The number of nitrogens with zero attached hydrogens (tertiary/aromatic N) is 6. The van der Waals surface area contributed by atoms with E-state index in [1.165, 1.54) is 18.5 Å². The molecule has 0 saturated carbocycles. The zero-order valence-electron chi connectivity index (χ0n) is 15.2. The summed E-state index contributed by atoms with van der Waals surface area (Å²) < 4.78 is 1.89. The molecule has 3 aromatic rings. The molecule has 0 aliphatic carbocycles. The Balaban J connectivity index is 1.36. The fraction of sp³-hybridized carbons (Fsp3) is 0.400. The van der Waals surface area contributed by atoms with Crippen LogP contribution >= 0.6 is 0 Å². The molecule has 7 nitrogen and oxygen atoms in total. The van der Waals surface area contributed by atoms with Crippen molar-refractivity contribution in [3.05, 3.63) is 54.1 Å². The molecule has 27 heavy (non-hydrogen) atoms. The van der Waals surface area contributed by atoms with Gasteiger partial charge in [0.1, 0.15) is 0 Å². The summed E-state index contributed by atoms with van der Waals surface area (Å²) in [4.78, 5) is 21.0. The quantitative estimate of drug-likeness (QED) is 0.716. The van der Waals surface area contributed by atoms with Gasteiger partial charge < -0.3 is 9.80 Å². The fourth-order valence-corrected chi connectivity index (χ4v) is 4.20. The van der Waals surface area contributed by atoms with Gasteiger partial charge in [-0.15, -0.1) is 5.10 Å². The molecule has 5 heterocycles. The van der Waals surface area contributed by atoms with Crippen molar-refractivity contribution in [3.63, 3.8) is 0 Å². The molecule has 0 radical (unpaired) electrons. The highest BCUT2D eigenvalue weighted by Crippen LogP contribution is 2.30. The first-order chi connectivity index (χ1) is 13.3. The number of pyridine rings is 2. The summed E-state index contributed by atoms with van der Waals surface area (Å²) in [6, 6.07) is 7.82. The molecule has 2 aliphatic rings. The Kier molecular flexibility index (Phi) is 3.99. The molecular formula is C20H22N6O. The molecule has 138 valence electrons. The predicted molar refractivity (Wildman–Crippen MR) is 102 cm³/mol. The molecule has 1 atom stereocenters. The Labute approximate surface area is 157 Å². The number of amides is 1. The monoisotopic (exact) mass is 362 g/mol. The van der Waals surface area contributed by atoms with E-state index in [9.17, 15) is 4.79 Å². The van der Waals surface area contributed by atoms with Gasteiger partial charge in [0.15, 0.2) is 0 Å². The largest absolute Gasteiger partial charge is 0.370 e. The van der Waals surface area contributed by atoms with Gasteiger partial charge in [0.25, 0.3) is 5.91 Å². The lowest BCUT2D eigenvalue weighted by Gasteiger charge is -2.17. The minimum atomic E-state index is 0.0627. The van der Waals surface area contributed by atoms with Crippen LogP contribution in [0, 0.1) is 0 Å². The SMILES string of the molecule is O=C(c1ccncc1)N1CC[C@@H](c2nnn3cc(N4CCCC4)ccc23)C1. The van der Waals surface area contributed by atoms with Gasteiger partial charge in [-0.25, -0.2) is 4.52 Å². The van der Waals surface area contributed by atoms with Crippen LogP contribution < -0.4 is 4.90 Å². The number of hydrogen-bond acceptors (Lipinski definition) is 5. The summed E-state index contributed by atoms with van der Waals surface area (Å²) in [5, 5.41) is 8.81. The number of anilines is 1. The molecule has 2 saturated heterocycles. The number of likely N-dealkylation sites (tertiary alicyclic amines) is 1. The van der Waals surface area contributed by atoms with Crippen LogP contribution in [0.4, 0.5) is 5.69 Å². The Bertz CT molecular complexity index is 963. The van der Waals surface area contributed by atoms with Gasteiger partial charge in [0.05, 0.1) is 23.1 Å². The van der Waals surface area contributed by atoms with Crippen LogP contribution in [-0.2, 0) is 0 Å². The highest BCUT2D eigenvalue weighted by atomic mass is 16.2. The second kappa shape index (κ2) is 6.64. The third-order valence-corrected chi connectivity index (χ3v) is 5.69. The maximum absolute atomic E-state index is 12.7. The summed E-state index contributed by atoms with van der Waals surface area (Å²) in [5.41, 5.74) is 3.93. The van der Waals surface area contributed by atoms with Crippen LogP contribution in [0.1, 0.15) is 41.2 Å². The van der Waals surface area contributed by atoms with Gasteiger partial charge in [-0.1, -0.05) is 5.21 Å². The third kappa shape index (κ3) is 2.93. The van der Waals surface area contributed by atoms with E-state index in [0.717, 1.165) is 37.3 Å². The molecule has 1 amide bonds. The molecule has 0 spiro atoms. The molecule has 5 rings (SSSR count). The predicted octanol–water partition coefficient (Wildman–Crippen LogP) is 2.35. The summed E-state index contributed by atoms with van der Waals surface area (Å²) in [7, 11) is 0. The highest BCUT2D eigenvalue weighted by molar-refractivity contribution is 5.94. The average Bonchev–Trinajstić information content (AvgIpc) is 3.47. The van der Waals surface area contributed by atoms with Crippen LogP contribution in [0.25, 0.3) is 5.52 Å². The number of rotatable bonds is 3. The highest BCUT2D eigenvalue weighted by Gasteiger charge is 2.31. The van der Waals surface area contributed by atoms with Crippen LogP contribution in [0.2, 0.25) is 0 Å². The Morgan fingerprint density at radius 3 is 2.67 bits per heavy atom. The first-order valence-electron chi connectivity index (χ1n) is 9.59. The second-order valence-corrected chi connectivity index (χ2v) is 7.36. The van der Waals surface area contributed by atoms with E-state index < -0.39 is 0 Å². The van der Waals surface area contributed by atoms with Gasteiger partial charge in [-0.2, -0.15) is 0 Å². The lowest BCUT2D eigenvalue weighted by atomic mass is 10.0. The second-order valence-electron chi connectivity index (χ2n) is 7.36. The van der Waals surface area contributed by atoms with Crippen molar-refractivity contribution in [3.8, 4) is 0 Å². The number of hydrogen-bond donors (Lipinski definition) is 0. The number of carbonyl (C=O) groups excluding carboxylic acids is 1. The van der Waals surface area contributed by atoms with Gasteiger partial charge in [-0.05, 0) is 43.5 Å². The van der Waals surface area contributed by atoms with Crippen molar-refractivity contribution in [1.82, 2.24) is 24.7 Å². The van der Waals surface area contributed by atoms with E-state index >= 15 is 0 Å². The number of fused-ring (bicyclic) bond motifs is 1. The zero-order chi connectivity index (χ0) is 18.2. The van der Waals surface area contributed by atoms with E-state index in [0.29, 0.717) is 12.1 Å². The fourth-order valence-electron chi connectivity index (χ4n) is 4.20. The van der Waals surface area contributed by atoms with Crippen LogP contribution in [0.15, 0.2) is 42.9 Å². The maximum Gasteiger partial charge on any atom is 0.253 e. The summed E-state index contributed by atoms with van der Waals surface area (Å²) in [6.07, 6.45) is 8.82. The molecule has 0 bridgehead atoms. The van der Waals surface area contributed by atoms with Crippen molar-refractivity contribution < 1.29 is 4.79 Å². The van der Waals surface area contributed by atoms with E-state index in [-0.39, 0.29) is 11.8 Å². The Hall–Kier alpha value is -2.96. The Morgan fingerprint density at radius 2 is 1.85 bits per heavy atom. The Morgan fingerprint density at radius 1 is 1.04 bits per heavy atom. The van der Waals surface area contributed by atoms with Gasteiger partial charge in [-0.3, -0.25) is 9.78 Å². The van der Waals surface area contributed by atoms with Crippen molar-refractivity contribution in [1.29, 1.82) is 0 Å². The summed E-state index contributed by atoms with van der Waals surface area (Å²) in [5.74, 6) is 0.290. The molecule has 7 heteroatoms. The van der Waals surface area contributed by atoms with E-state index in [4.69, 9.17) is 0 Å². The average molecular weight is 362 g/mol. The molecule has 0 aromatic carbocycles. The van der Waals surface area contributed by atoms with Gasteiger partial charge in [0, 0.05) is 50.1 Å². The first kappa shape index (κ1) is 16.2. The van der Waals surface area contributed by atoms with E-state index in [2.05, 4.69) is 38.5 Å². The van der Waals surface area contributed by atoms with Gasteiger partial charge in [0.2, 0.25) is 0 Å². The number of aromatic nitrogens is 4. The molecule has 0 N–H and O–H groups in total. The molecule has 3 aromatic heterocycles. The van der Waals surface area contributed by atoms with E-state index in [1.807, 2.05) is 9.42 Å². The molecule has 0 unspecified atom stereocenters. The van der Waals surface area contributed by atoms with Crippen LogP contribution in [0.5, 0.6) is 0 Å². The van der Waals surface area contributed by atoms with Crippen LogP contribution in [0.3, 0.4) is 0 Å². The van der Waals surface area contributed by atoms with Crippen molar-refractivity contribution in [2.24, 2.45) is 0 Å². The minimum Gasteiger partial charge on any atom is -0.370 e. The molecule has 2 fully saturated rings. The van der Waals surface area contributed by atoms with Crippen molar-refractivity contribution in [2.45, 2.75) is 25.2 Å². The van der Waals surface area contributed by atoms with E-state index in [1.54, 1.807) is 24.5 Å². The van der Waals surface area contributed by atoms with Crippen LogP contribution in [-0.4, -0.2) is 56.8 Å². The number of carbonyl (C=O) groups is 1. The standard InChI is InChI=1S/C20H22N6O/c27-20(15-5-8-21-9-6-15)25-12-7-16(13-25)19-18-4-3-17(14-26(18)23-22-19)24-10-1-2-11-24/h3-6,8-9,14,16H,1-2,7,10-13H2/t16-/m1/s1. The lowest BCUT2D eigenvalue weighted by Crippen LogP contribution is -2.28. The normalized spacial score (nSPS) is 19.9. The summed E-state index contributed by atoms with van der Waals surface area (Å²) >= 11 is 0. The first-order valence-corrected chi connectivity index (χ1v) is 9.59.